The lowest BCUT2D eigenvalue weighted by molar-refractivity contribution is 1.10. The molecule has 0 aliphatic carbocycles. The summed E-state index contributed by atoms with van der Waals surface area (Å²) in [7, 11) is 0. The number of hydrogen-bond donors (Lipinski definition) is 1. The Balaban J connectivity index is 2.18. The zero-order valence-corrected chi connectivity index (χ0v) is 8.84. The summed E-state index contributed by atoms with van der Waals surface area (Å²) < 4.78 is 0. The average molecular weight is 204 g/mol. The van der Waals surface area contributed by atoms with Crippen molar-refractivity contribution in [1.82, 2.24) is 4.98 Å². The van der Waals surface area contributed by atoms with Crippen molar-refractivity contribution in [2.45, 2.75) is 13.3 Å². The number of aromatic nitrogens is 1. The molecule has 0 amide bonds. The average Bonchev–Trinajstić information content (AvgIpc) is 2.51. The van der Waals surface area contributed by atoms with Gasteiger partial charge in [-0.05, 0) is 31.2 Å². The molecule has 0 fully saturated rings. The molecule has 14 heavy (non-hydrogen) atoms. The van der Waals surface area contributed by atoms with Crippen LogP contribution in [-0.4, -0.2) is 4.98 Å². The fourth-order valence-electron chi connectivity index (χ4n) is 1.36. The quantitative estimate of drug-likeness (QED) is 0.816. The molecule has 0 unspecified atom stereocenters. The number of thiophene rings is 1. The Morgan fingerprint density at radius 3 is 2.79 bits per heavy atom. The number of nitrogens with zero attached hydrogens (tertiary/aromatic N) is 1. The van der Waals surface area contributed by atoms with E-state index >= 15 is 0 Å². The number of pyridine rings is 1. The first-order valence-electron chi connectivity index (χ1n) is 4.51. The van der Waals surface area contributed by atoms with Crippen LogP contribution in [0.4, 0.5) is 5.82 Å². The molecule has 2 aromatic rings. The number of hydrogen-bond acceptors (Lipinski definition) is 3. The number of rotatable bonds is 2. The van der Waals surface area contributed by atoms with Crippen LogP contribution in [0.15, 0.2) is 30.3 Å². The van der Waals surface area contributed by atoms with E-state index in [9.17, 15) is 0 Å². The molecule has 72 valence electrons. The van der Waals surface area contributed by atoms with Gasteiger partial charge in [-0.25, -0.2) is 4.98 Å². The van der Waals surface area contributed by atoms with Crippen molar-refractivity contribution in [3.63, 3.8) is 0 Å². The predicted octanol–water partition coefficient (Wildman–Crippen LogP) is 2.62. The van der Waals surface area contributed by atoms with Crippen molar-refractivity contribution in [2.24, 2.45) is 0 Å². The maximum Gasteiger partial charge on any atom is 0.123 e. The minimum Gasteiger partial charge on any atom is -0.384 e. The Labute approximate surface area is 87.4 Å². The smallest absolute Gasteiger partial charge is 0.123 e. The van der Waals surface area contributed by atoms with Gasteiger partial charge in [-0.3, -0.25) is 0 Å². The van der Waals surface area contributed by atoms with Gasteiger partial charge in [0.05, 0.1) is 0 Å². The zero-order valence-electron chi connectivity index (χ0n) is 8.03. The van der Waals surface area contributed by atoms with Crippen molar-refractivity contribution in [3.05, 3.63) is 45.8 Å². The van der Waals surface area contributed by atoms with Crippen molar-refractivity contribution in [3.8, 4) is 0 Å². The van der Waals surface area contributed by atoms with E-state index in [1.807, 2.05) is 29.5 Å². The summed E-state index contributed by atoms with van der Waals surface area (Å²) in [5, 5.41) is 0. The highest BCUT2D eigenvalue weighted by molar-refractivity contribution is 7.11. The van der Waals surface area contributed by atoms with Crippen LogP contribution in [-0.2, 0) is 6.42 Å². The van der Waals surface area contributed by atoms with E-state index in [0.717, 1.165) is 12.1 Å². The molecule has 0 aliphatic heterocycles. The summed E-state index contributed by atoms with van der Waals surface area (Å²) in [4.78, 5) is 6.93. The Bertz CT molecular complexity index is 434. The fraction of sp³-hybridized carbons (Fsp3) is 0.182. The molecule has 0 spiro atoms. The van der Waals surface area contributed by atoms with Crippen LogP contribution >= 0.6 is 11.3 Å². The Hall–Kier alpha value is -1.35. The predicted molar refractivity (Wildman–Crippen MR) is 60.5 cm³/mol. The van der Waals surface area contributed by atoms with Gasteiger partial charge in [-0.15, -0.1) is 11.3 Å². The lowest BCUT2D eigenvalue weighted by Gasteiger charge is -1.98. The van der Waals surface area contributed by atoms with Crippen LogP contribution in [0.25, 0.3) is 0 Å². The van der Waals surface area contributed by atoms with Crippen LogP contribution in [0.3, 0.4) is 0 Å². The molecule has 0 radical (unpaired) electrons. The lowest BCUT2D eigenvalue weighted by Crippen LogP contribution is -1.94. The van der Waals surface area contributed by atoms with E-state index in [-0.39, 0.29) is 0 Å². The van der Waals surface area contributed by atoms with Crippen molar-refractivity contribution in [1.29, 1.82) is 0 Å². The number of anilines is 1. The number of nitrogens with two attached hydrogens (primary N) is 1. The van der Waals surface area contributed by atoms with Gasteiger partial charge in [-0.2, -0.15) is 0 Å². The molecule has 0 bridgehead atoms. The topological polar surface area (TPSA) is 38.9 Å². The van der Waals surface area contributed by atoms with Gasteiger partial charge in [0, 0.05) is 21.9 Å². The summed E-state index contributed by atoms with van der Waals surface area (Å²) in [5.74, 6) is 0.593. The van der Waals surface area contributed by atoms with Crippen LogP contribution in [0.5, 0.6) is 0 Å². The second-order valence-corrected chi connectivity index (χ2v) is 4.62. The second-order valence-electron chi connectivity index (χ2n) is 3.24. The number of aryl methyl sites for hydroxylation is 1. The molecule has 0 aliphatic rings. The molecule has 0 saturated carbocycles. The van der Waals surface area contributed by atoms with E-state index in [0.29, 0.717) is 5.82 Å². The number of nitrogen functional groups attached to an aromatic ring is 1. The summed E-state index contributed by atoms with van der Waals surface area (Å²) in [5.41, 5.74) is 6.64. The Morgan fingerprint density at radius 1 is 1.29 bits per heavy atom. The Kier molecular flexibility index (Phi) is 2.50. The molecule has 2 heterocycles. The van der Waals surface area contributed by atoms with E-state index in [1.54, 1.807) is 0 Å². The highest BCUT2D eigenvalue weighted by atomic mass is 32.1. The molecule has 2 N–H and O–H groups in total. The third-order valence-electron chi connectivity index (χ3n) is 1.98. The summed E-state index contributed by atoms with van der Waals surface area (Å²) in [6.45, 7) is 2.11. The minimum absolute atomic E-state index is 0.593. The molecule has 3 heteroatoms. The first-order chi connectivity index (χ1) is 6.74. The summed E-state index contributed by atoms with van der Waals surface area (Å²) in [6, 6.07) is 10.0. The third-order valence-corrected chi connectivity index (χ3v) is 2.98. The summed E-state index contributed by atoms with van der Waals surface area (Å²) in [6.07, 6.45) is 0.879. The van der Waals surface area contributed by atoms with Crippen molar-refractivity contribution >= 4 is 17.2 Å². The first-order valence-corrected chi connectivity index (χ1v) is 5.32. The van der Waals surface area contributed by atoms with Gasteiger partial charge in [0.2, 0.25) is 0 Å². The molecule has 0 aromatic carbocycles. The minimum atomic E-state index is 0.593. The maximum atomic E-state index is 5.61. The van der Waals surface area contributed by atoms with Gasteiger partial charge >= 0.3 is 0 Å². The van der Waals surface area contributed by atoms with Crippen LogP contribution in [0.2, 0.25) is 0 Å². The Morgan fingerprint density at radius 2 is 2.14 bits per heavy atom. The van der Waals surface area contributed by atoms with Crippen LogP contribution in [0.1, 0.15) is 15.4 Å². The third kappa shape index (κ3) is 2.12. The van der Waals surface area contributed by atoms with Gasteiger partial charge in [0.25, 0.3) is 0 Å². The molecular weight excluding hydrogens is 192 g/mol. The van der Waals surface area contributed by atoms with E-state index in [4.69, 9.17) is 5.73 Å². The summed E-state index contributed by atoms with van der Waals surface area (Å²) >= 11 is 1.81. The van der Waals surface area contributed by atoms with Gasteiger partial charge in [0.15, 0.2) is 0 Å². The van der Waals surface area contributed by atoms with Crippen LogP contribution in [0, 0.1) is 6.92 Å². The second kappa shape index (κ2) is 3.80. The highest BCUT2D eigenvalue weighted by Gasteiger charge is 2.00. The molecule has 2 nitrogen and oxygen atoms in total. The van der Waals surface area contributed by atoms with Crippen LogP contribution < -0.4 is 5.73 Å². The SMILES string of the molecule is Cc1ccc(Cc2cccc(N)n2)s1. The standard InChI is InChI=1S/C11H12N2S/c1-8-5-6-10(14-8)7-9-3-2-4-11(12)13-9/h2-6H,7H2,1H3,(H2,12,13). The molecular formula is C11H12N2S. The molecule has 2 rings (SSSR count). The largest absolute Gasteiger partial charge is 0.384 e. The van der Waals surface area contributed by atoms with Crippen molar-refractivity contribution < 1.29 is 0 Å². The van der Waals surface area contributed by atoms with Crippen molar-refractivity contribution in [2.75, 3.05) is 5.73 Å². The van der Waals surface area contributed by atoms with E-state index < -0.39 is 0 Å². The van der Waals surface area contributed by atoms with Gasteiger partial charge < -0.3 is 5.73 Å². The molecule has 0 saturated heterocycles. The normalized spacial score (nSPS) is 10.4. The molecule has 0 atom stereocenters. The first kappa shape index (κ1) is 9.21. The van der Waals surface area contributed by atoms with E-state index in [2.05, 4.69) is 24.0 Å². The fourth-order valence-corrected chi connectivity index (χ4v) is 2.26. The molecule has 2 aromatic heterocycles. The van der Waals surface area contributed by atoms with Gasteiger partial charge in [-0.1, -0.05) is 6.07 Å². The monoisotopic (exact) mass is 204 g/mol. The maximum absolute atomic E-state index is 5.61. The highest BCUT2D eigenvalue weighted by Crippen LogP contribution is 2.18. The van der Waals surface area contributed by atoms with Gasteiger partial charge in [0.1, 0.15) is 5.82 Å². The van der Waals surface area contributed by atoms with E-state index in [1.165, 1.54) is 9.75 Å². The zero-order chi connectivity index (χ0) is 9.97. The lowest BCUT2D eigenvalue weighted by atomic mass is 10.2.